The summed E-state index contributed by atoms with van der Waals surface area (Å²) in [5.74, 6) is -1.91. The minimum atomic E-state index is -1.14. The van der Waals surface area contributed by atoms with Crippen molar-refractivity contribution in [1.82, 2.24) is 0 Å². The molecule has 1 aromatic rings. The molecule has 1 aromatic carbocycles. The van der Waals surface area contributed by atoms with Gasteiger partial charge in [0.1, 0.15) is 5.75 Å². The molecule has 0 saturated heterocycles. The summed E-state index contributed by atoms with van der Waals surface area (Å²) in [5, 5.41) is 18.8. The second kappa shape index (κ2) is 15.7. The van der Waals surface area contributed by atoms with E-state index in [0.717, 1.165) is 12.8 Å². The van der Waals surface area contributed by atoms with Crippen molar-refractivity contribution in [2.75, 3.05) is 6.61 Å². The summed E-state index contributed by atoms with van der Waals surface area (Å²) in [6.45, 7) is 5.92. The monoisotopic (exact) mass is 434 g/mol. The number of aromatic carboxylic acids is 2. The van der Waals surface area contributed by atoms with Gasteiger partial charge in [-0.05, 0) is 31.9 Å². The Morgan fingerprint density at radius 2 is 1.16 bits per heavy atom. The first-order chi connectivity index (χ1) is 14.9. The van der Waals surface area contributed by atoms with E-state index in [1.807, 2.05) is 0 Å². The smallest absolute Gasteiger partial charge is 0.336 e. The molecule has 5 nitrogen and oxygen atoms in total. The first kappa shape index (κ1) is 27.0. The van der Waals surface area contributed by atoms with Crippen molar-refractivity contribution in [3.05, 3.63) is 28.3 Å². The summed E-state index contributed by atoms with van der Waals surface area (Å²) in [4.78, 5) is 23.0. The fourth-order valence-electron chi connectivity index (χ4n) is 4.06. The van der Waals surface area contributed by atoms with Crippen LogP contribution in [-0.4, -0.2) is 28.8 Å². The Morgan fingerprint density at radius 1 is 0.710 bits per heavy atom. The van der Waals surface area contributed by atoms with E-state index in [9.17, 15) is 19.8 Å². The average Bonchev–Trinajstić information content (AvgIpc) is 2.71. The summed E-state index contributed by atoms with van der Waals surface area (Å²) in [6, 6.07) is 1.45. The quantitative estimate of drug-likeness (QED) is 0.233. The van der Waals surface area contributed by atoms with E-state index >= 15 is 0 Å². The molecule has 0 aromatic heterocycles. The summed E-state index contributed by atoms with van der Waals surface area (Å²) in [6.07, 6.45) is 18.0. The predicted octanol–water partition coefficient (Wildman–Crippen LogP) is 7.56. The number of unbranched alkanes of at least 4 members (excludes halogenated alkanes) is 13. The molecule has 0 aliphatic rings. The maximum Gasteiger partial charge on any atom is 0.336 e. The number of ether oxygens (including phenoxy) is 1. The lowest BCUT2D eigenvalue weighted by atomic mass is 9.96. The summed E-state index contributed by atoms with van der Waals surface area (Å²) >= 11 is 0. The molecule has 0 aliphatic carbocycles. The summed E-state index contributed by atoms with van der Waals surface area (Å²) in [7, 11) is 0. The van der Waals surface area contributed by atoms with E-state index in [1.54, 1.807) is 6.92 Å². The molecule has 2 N–H and O–H groups in total. The number of hydrogen-bond donors (Lipinski definition) is 2. The van der Waals surface area contributed by atoms with Gasteiger partial charge < -0.3 is 14.9 Å². The van der Waals surface area contributed by atoms with E-state index in [4.69, 9.17) is 4.74 Å². The summed E-state index contributed by atoms with van der Waals surface area (Å²) in [5.41, 5.74) is 0.761. The average molecular weight is 435 g/mol. The highest BCUT2D eigenvalue weighted by atomic mass is 16.5. The van der Waals surface area contributed by atoms with Gasteiger partial charge in [0.25, 0.3) is 0 Å². The predicted molar refractivity (Wildman–Crippen MR) is 126 cm³/mol. The number of hydrogen-bond acceptors (Lipinski definition) is 3. The molecule has 0 heterocycles. The van der Waals surface area contributed by atoms with Crippen molar-refractivity contribution < 1.29 is 24.5 Å². The Bertz CT molecular complexity index is 681. The molecule has 0 amide bonds. The summed E-state index contributed by atoms with van der Waals surface area (Å²) < 4.78 is 5.75. The van der Waals surface area contributed by atoms with Gasteiger partial charge in [-0.15, -0.1) is 0 Å². The van der Waals surface area contributed by atoms with Gasteiger partial charge in [-0.2, -0.15) is 0 Å². The number of carboxylic acids is 2. The molecule has 1 rings (SSSR count). The van der Waals surface area contributed by atoms with Crippen molar-refractivity contribution in [2.24, 2.45) is 0 Å². The van der Waals surface area contributed by atoms with Crippen LogP contribution in [0.15, 0.2) is 6.07 Å². The van der Waals surface area contributed by atoms with Crippen LogP contribution in [0.4, 0.5) is 0 Å². The number of rotatable bonds is 18. The largest absolute Gasteiger partial charge is 0.493 e. The fraction of sp³-hybridized carbons (Fsp3) is 0.692. The van der Waals surface area contributed by atoms with E-state index in [0.29, 0.717) is 17.9 Å². The number of carboxylic acid groups (broad SMARTS) is 2. The number of carbonyl (C=O) groups is 2. The van der Waals surface area contributed by atoms with Crippen LogP contribution < -0.4 is 4.74 Å². The highest BCUT2D eigenvalue weighted by Gasteiger charge is 2.21. The lowest BCUT2D eigenvalue weighted by molar-refractivity contribution is 0.0694. The van der Waals surface area contributed by atoms with Crippen LogP contribution in [-0.2, 0) is 0 Å². The van der Waals surface area contributed by atoms with E-state index < -0.39 is 11.9 Å². The Kier molecular flexibility index (Phi) is 13.7. The van der Waals surface area contributed by atoms with E-state index in [2.05, 4.69) is 6.92 Å². The van der Waals surface area contributed by atoms with Crippen molar-refractivity contribution >= 4 is 11.9 Å². The molecule has 0 saturated carbocycles. The van der Waals surface area contributed by atoms with Gasteiger partial charge in [-0.1, -0.05) is 90.4 Å². The van der Waals surface area contributed by atoms with Crippen LogP contribution in [0.5, 0.6) is 5.75 Å². The van der Waals surface area contributed by atoms with Crippen LogP contribution in [0, 0.1) is 13.8 Å². The first-order valence-corrected chi connectivity index (χ1v) is 12.1. The van der Waals surface area contributed by atoms with Gasteiger partial charge in [0, 0.05) is 5.56 Å². The van der Waals surface area contributed by atoms with Gasteiger partial charge >= 0.3 is 11.9 Å². The van der Waals surface area contributed by atoms with Crippen molar-refractivity contribution in [2.45, 2.75) is 111 Å². The van der Waals surface area contributed by atoms with Gasteiger partial charge in [-0.3, -0.25) is 0 Å². The molecule has 0 unspecified atom stereocenters. The standard InChI is InChI=1S/C26H42O5/c1-4-5-6-7-8-9-10-11-12-13-14-15-16-17-18-31-23-19-22(25(27)28)20(2)24(21(23)3)26(29)30/h19H,4-18H2,1-3H3,(H,27,28)(H,29,30). The topological polar surface area (TPSA) is 83.8 Å². The Hall–Kier alpha value is -2.04. The molecule has 5 heteroatoms. The number of benzene rings is 1. The van der Waals surface area contributed by atoms with Crippen LogP contribution >= 0.6 is 0 Å². The minimum absolute atomic E-state index is 0.0149. The van der Waals surface area contributed by atoms with E-state index in [1.165, 1.54) is 90.0 Å². The fourth-order valence-corrected chi connectivity index (χ4v) is 4.06. The zero-order valence-corrected chi connectivity index (χ0v) is 19.8. The molecule has 0 fully saturated rings. The highest BCUT2D eigenvalue weighted by Crippen LogP contribution is 2.28. The Labute approximate surface area is 188 Å². The maximum atomic E-state index is 11.5. The second-order valence-corrected chi connectivity index (χ2v) is 8.60. The van der Waals surface area contributed by atoms with Gasteiger partial charge in [-0.25, -0.2) is 9.59 Å². The SMILES string of the molecule is CCCCCCCCCCCCCCCCOc1cc(C(=O)O)c(C)c(C(=O)O)c1C. The zero-order chi connectivity index (χ0) is 23.1. The van der Waals surface area contributed by atoms with Crippen LogP contribution in [0.2, 0.25) is 0 Å². The lowest BCUT2D eigenvalue weighted by Crippen LogP contribution is -2.12. The van der Waals surface area contributed by atoms with Crippen molar-refractivity contribution in [1.29, 1.82) is 0 Å². The molecule has 31 heavy (non-hydrogen) atoms. The maximum absolute atomic E-state index is 11.5. The van der Waals surface area contributed by atoms with Gasteiger partial charge in [0.05, 0.1) is 17.7 Å². The Morgan fingerprint density at radius 3 is 1.58 bits per heavy atom. The van der Waals surface area contributed by atoms with Crippen molar-refractivity contribution in [3.63, 3.8) is 0 Å². The molecule has 0 spiro atoms. The molecular weight excluding hydrogens is 392 g/mol. The van der Waals surface area contributed by atoms with E-state index in [-0.39, 0.29) is 16.7 Å². The van der Waals surface area contributed by atoms with Crippen molar-refractivity contribution in [3.8, 4) is 5.75 Å². The third kappa shape index (κ3) is 10.2. The molecule has 0 bridgehead atoms. The Balaban J connectivity index is 2.19. The highest BCUT2D eigenvalue weighted by molar-refractivity contribution is 5.98. The molecule has 0 radical (unpaired) electrons. The van der Waals surface area contributed by atoms with Gasteiger partial charge in [0.2, 0.25) is 0 Å². The first-order valence-electron chi connectivity index (χ1n) is 12.1. The molecule has 0 aliphatic heterocycles. The third-order valence-corrected chi connectivity index (χ3v) is 6.00. The lowest BCUT2D eigenvalue weighted by Gasteiger charge is -2.15. The van der Waals surface area contributed by atoms with Crippen LogP contribution in [0.25, 0.3) is 0 Å². The zero-order valence-electron chi connectivity index (χ0n) is 19.8. The second-order valence-electron chi connectivity index (χ2n) is 8.60. The molecular formula is C26H42O5. The normalized spacial score (nSPS) is 10.9. The van der Waals surface area contributed by atoms with Crippen LogP contribution in [0.1, 0.15) is 129 Å². The molecule has 176 valence electrons. The van der Waals surface area contributed by atoms with Gasteiger partial charge in [0.15, 0.2) is 0 Å². The molecule has 0 atom stereocenters. The third-order valence-electron chi connectivity index (χ3n) is 6.00. The minimum Gasteiger partial charge on any atom is -0.493 e. The van der Waals surface area contributed by atoms with Crippen LogP contribution in [0.3, 0.4) is 0 Å².